The molecule has 16 heavy (non-hydrogen) atoms. The van der Waals surface area contributed by atoms with Crippen LogP contribution in [0.4, 0.5) is 0 Å². The molecule has 0 spiro atoms. The first kappa shape index (κ1) is 14.8. The van der Waals surface area contributed by atoms with Crippen LogP contribution in [-0.4, -0.2) is 51.0 Å². The van der Waals surface area contributed by atoms with Crippen molar-refractivity contribution >= 4 is 21.7 Å². The van der Waals surface area contributed by atoms with Crippen molar-refractivity contribution in [1.82, 2.24) is 0 Å². The molecule has 0 atom stereocenters. The van der Waals surface area contributed by atoms with Gasteiger partial charge in [0.1, 0.15) is 0 Å². The molecule has 1 aliphatic heterocycles. The maximum absolute atomic E-state index is 11.5. The molecule has 0 aliphatic carbocycles. The summed E-state index contributed by atoms with van der Waals surface area (Å²) in [6, 6.07) is 0. The molecule has 1 aliphatic rings. The Hall–Kier alpha value is -1.15. The number of carbonyl (C=O) groups is 2. The van der Waals surface area contributed by atoms with E-state index in [0.29, 0.717) is 13.1 Å². The van der Waals surface area contributed by atoms with Gasteiger partial charge < -0.3 is 15.9 Å². The standard InChI is InChI=1S/C6H14N2OS.C2H2O4/c7-3-4-8-10(9)5-1-2-6-10;3-1(4)2(5)6/h1-7H2;(H,3,4)(H,5,6). The molecule has 0 bridgehead atoms. The van der Waals surface area contributed by atoms with Crippen LogP contribution in [0, 0.1) is 0 Å². The van der Waals surface area contributed by atoms with E-state index in [1.807, 2.05) is 0 Å². The first-order valence-electron chi connectivity index (χ1n) is 4.76. The van der Waals surface area contributed by atoms with Crippen molar-refractivity contribution in [1.29, 1.82) is 0 Å². The lowest BCUT2D eigenvalue weighted by Crippen LogP contribution is -2.09. The zero-order valence-corrected chi connectivity index (χ0v) is 9.61. The molecule has 1 saturated heterocycles. The van der Waals surface area contributed by atoms with Crippen molar-refractivity contribution in [2.75, 3.05) is 24.6 Å². The molecule has 1 heterocycles. The van der Waals surface area contributed by atoms with Gasteiger partial charge in [-0.1, -0.05) is 0 Å². The average molecular weight is 252 g/mol. The Labute approximate surface area is 93.8 Å². The minimum Gasteiger partial charge on any atom is -0.473 e. The maximum Gasteiger partial charge on any atom is 0.414 e. The fourth-order valence-electron chi connectivity index (χ4n) is 1.11. The van der Waals surface area contributed by atoms with Crippen molar-refractivity contribution in [3.05, 3.63) is 0 Å². The van der Waals surface area contributed by atoms with E-state index in [9.17, 15) is 4.21 Å². The second-order valence-electron chi connectivity index (χ2n) is 3.14. The topological polar surface area (TPSA) is 130 Å². The first-order valence-corrected chi connectivity index (χ1v) is 6.61. The van der Waals surface area contributed by atoms with Crippen LogP contribution >= 0.6 is 0 Å². The second-order valence-corrected chi connectivity index (χ2v) is 5.76. The van der Waals surface area contributed by atoms with Gasteiger partial charge >= 0.3 is 11.9 Å². The highest BCUT2D eigenvalue weighted by atomic mass is 32.2. The third kappa shape index (κ3) is 6.36. The maximum atomic E-state index is 11.5. The fraction of sp³-hybridized carbons (Fsp3) is 0.750. The number of carboxylic acids is 2. The zero-order valence-electron chi connectivity index (χ0n) is 8.79. The molecule has 0 aromatic heterocycles. The van der Waals surface area contributed by atoms with Gasteiger partial charge in [0, 0.05) is 27.8 Å². The summed E-state index contributed by atoms with van der Waals surface area (Å²) < 4.78 is 15.6. The number of carboxylic acid groups (broad SMARTS) is 2. The van der Waals surface area contributed by atoms with Crippen molar-refractivity contribution < 1.29 is 24.0 Å². The molecular formula is C8H16N2O5S. The highest BCUT2D eigenvalue weighted by molar-refractivity contribution is 7.93. The minimum absolute atomic E-state index is 0.525. The molecule has 1 rings (SSSR count). The van der Waals surface area contributed by atoms with Crippen LogP contribution in [0.3, 0.4) is 0 Å². The summed E-state index contributed by atoms with van der Waals surface area (Å²) in [4.78, 5) is 18.2. The van der Waals surface area contributed by atoms with Crippen LogP contribution in [0.15, 0.2) is 4.36 Å². The van der Waals surface area contributed by atoms with Gasteiger partial charge in [-0.2, -0.15) is 0 Å². The van der Waals surface area contributed by atoms with Crippen LogP contribution in [0.2, 0.25) is 0 Å². The normalized spacial score (nSPS) is 17.1. The van der Waals surface area contributed by atoms with Gasteiger partial charge in [-0.15, -0.1) is 0 Å². The Morgan fingerprint density at radius 3 is 1.94 bits per heavy atom. The molecule has 94 valence electrons. The third-order valence-electron chi connectivity index (χ3n) is 1.82. The van der Waals surface area contributed by atoms with E-state index < -0.39 is 21.7 Å². The van der Waals surface area contributed by atoms with Crippen molar-refractivity contribution in [2.24, 2.45) is 10.1 Å². The molecule has 0 radical (unpaired) electrons. The molecule has 0 unspecified atom stereocenters. The van der Waals surface area contributed by atoms with Gasteiger partial charge in [-0.3, -0.25) is 0 Å². The zero-order chi connectivity index (χ0) is 12.6. The summed E-state index contributed by atoms with van der Waals surface area (Å²) >= 11 is 0. The van der Waals surface area contributed by atoms with E-state index in [2.05, 4.69) is 4.36 Å². The summed E-state index contributed by atoms with van der Waals surface area (Å²) in [6.45, 7) is 1.09. The summed E-state index contributed by atoms with van der Waals surface area (Å²) in [6.07, 6.45) is 2.15. The lowest BCUT2D eigenvalue weighted by Gasteiger charge is -1.97. The third-order valence-corrected chi connectivity index (χ3v) is 4.32. The highest BCUT2D eigenvalue weighted by Crippen LogP contribution is 2.12. The average Bonchev–Trinajstić information content (AvgIpc) is 2.64. The Bertz CT molecular complexity index is 335. The SMILES string of the molecule is NCCN=S1(=O)CCCC1.O=C(O)C(=O)O. The van der Waals surface area contributed by atoms with Gasteiger partial charge in [-0.25, -0.2) is 18.2 Å². The molecule has 8 heteroatoms. The van der Waals surface area contributed by atoms with E-state index >= 15 is 0 Å². The van der Waals surface area contributed by atoms with Crippen molar-refractivity contribution in [2.45, 2.75) is 12.8 Å². The first-order chi connectivity index (χ1) is 7.41. The number of hydrogen-bond acceptors (Lipinski definition) is 5. The number of rotatable bonds is 2. The van der Waals surface area contributed by atoms with Gasteiger partial charge in [0.2, 0.25) is 0 Å². The molecule has 0 amide bonds. The molecule has 0 aromatic rings. The van der Waals surface area contributed by atoms with E-state index in [4.69, 9.17) is 25.5 Å². The van der Waals surface area contributed by atoms with E-state index in [1.54, 1.807) is 0 Å². The summed E-state index contributed by atoms with van der Waals surface area (Å²) in [7, 11) is -1.77. The summed E-state index contributed by atoms with van der Waals surface area (Å²) in [5.74, 6) is -2.05. The lowest BCUT2D eigenvalue weighted by atomic mass is 10.4. The van der Waals surface area contributed by atoms with Crippen LogP contribution in [-0.2, 0) is 19.3 Å². The molecule has 0 aromatic carbocycles. The molecule has 4 N–H and O–H groups in total. The monoisotopic (exact) mass is 252 g/mol. The molecule has 0 saturated carbocycles. The van der Waals surface area contributed by atoms with Crippen LogP contribution < -0.4 is 5.73 Å². The highest BCUT2D eigenvalue weighted by Gasteiger charge is 2.14. The van der Waals surface area contributed by atoms with E-state index in [0.717, 1.165) is 24.3 Å². The molecule has 1 fully saturated rings. The Morgan fingerprint density at radius 2 is 1.62 bits per heavy atom. The number of nitrogens with zero attached hydrogens (tertiary/aromatic N) is 1. The molecular weight excluding hydrogens is 236 g/mol. The number of hydrogen-bond donors (Lipinski definition) is 3. The van der Waals surface area contributed by atoms with Gasteiger partial charge in [0.15, 0.2) is 0 Å². The number of nitrogens with two attached hydrogens (primary N) is 1. The quantitative estimate of drug-likeness (QED) is 0.560. The second kappa shape index (κ2) is 7.18. The van der Waals surface area contributed by atoms with Crippen LogP contribution in [0.25, 0.3) is 0 Å². The van der Waals surface area contributed by atoms with E-state index in [1.165, 1.54) is 0 Å². The van der Waals surface area contributed by atoms with Crippen LogP contribution in [0.5, 0.6) is 0 Å². The predicted octanol–water partition coefficient (Wildman–Crippen LogP) is -0.637. The van der Waals surface area contributed by atoms with Gasteiger partial charge in [0.05, 0.1) is 6.54 Å². The predicted molar refractivity (Wildman–Crippen MR) is 58.7 cm³/mol. The summed E-state index contributed by atoms with van der Waals surface area (Å²) in [5.41, 5.74) is 5.25. The Kier molecular flexibility index (Phi) is 6.66. The van der Waals surface area contributed by atoms with E-state index in [-0.39, 0.29) is 0 Å². The number of aliphatic carboxylic acids is 2. The molecule has 7 nitrogen and oxygen atoms in total. The van der Waals surface area contributed by atoms with Crippen molar-refractivity contribution in [3.63, 3.8) is 0 Å². The smallest absolute Gasteiger partial charge is 0.414 e. The van der Waals surface area contributed by atoms with Gasteiger partial charge in [-0.05, 0) is 12.8 Å². The van der Waals surface area contributed by atoms with Crippen molar-refractivity contribution in [3.8, 4) is 0 Å². The largest absolute Gasteiger partial charge is 0.473 e. The Balaban J connectivity index is 0.000000325. The van der Waals surface area contributed by atoms with Crippen LogP contribution in [0.1, 0.15) is 12.8 Å². The fourth-order valence-corrected chi connectivity index (χ4v) is 3.32. The van der Waals surface area contributed by atoms with Gasteiger partial charge in [0.25, 0.3) is 0 Å². The lowest BCUT2D eigenvalue weighted by molar-refractivity contribution is -0.159. The Morgan fingerprint density at radius 1 is 1.19 bits per heavy atom. The summed E-state index contributed by atoms with van der Waals surface area (Å²) in [5, 5.41) is 14.8. The minimum atomic E-state index is -1.82.